The number of aromatic nitrogens is 1. The van der Waals surface area contributed by atoms with Gasteiger partial charge in [-0.1, -0.05) is 42.5 Å². The quantitative estimate of drug-likeness (QED) is 0.552. The summed E-state index contributed by atoms with van der Waals surface area (Å²) in [5.41, 5.74) is 3.19. The van der Waals surface area contributed by atoms with E-state index in [1.165, 1.54) is 6.26 Å². The van der Waals surface area contributed by atoms with Crippen LogP contribution in [-0.4, -0.2) is 46.5 Å². The van der Waals surface area contributed by atoms with Gasteiger partial charge in [-0.3, -0.25) is 9.59 Å². The number of oxazole rings is 1. The third-order valence-corrected chi connectivity index (χ3v) is 6.06. The molecule has 0 aliphatic carbocycles. The van der Waals surface area contributed by atoms with Crippen LogP contribution in [0.25, 0.3) is 11.5 Å². The summed E-state index contributed by atoms with van der Waals surface area (Å²) in [7, 11) is 0. The minimum Gasteiger partial charge on any atom is -0.444 e. The lowest BCUT2D eigenvalue weighted by Crippen LogP contribution is -2.39. The maximum Gasteiger partial charge on any atom is 0.275 e. The fourth-order valence-electron chi connectivity index (χ4n) is 3.94. The second kappa shape index (κ2) is 10.9. The summed E-state index contributed by atoms with van der Waals surface area (Å²) < 4.78 is 5.55. The second-order valence-corrected chi connectivity index (χ2v) is 8.42. The maximum atomic E-state index is 12.7. The lowest BCUT2D eigenvalue weighted by molar-refractivity contribution is -0.121. The smallest absolute Gasteiger partial charge is 0.275 e. The number of aliphatic hydroxyl groups is 1. The van der Waals surface area contributed by atoms with Gasteiger partial charge >= 0.3 is 0 Å². The molecule has 1 aromatic heterocycles. The fraction of sp³-hybridized carbons (Fsp3) is 0.346. The molecule has 0 radical (unpaired) electrons. The molecule has 0 bridgehead atoms. The van der Waals surface area contributed by atoms with Crippen LogP contribution < -0.4 is 5.32 Å². The van der Waals surface area contributed by atoms with Gasteiger partial charge in [0, 0.05) is 38.2 Å². The van der Waals surface area contributed by atoms with Gasteiger partial charge in [-0.05, 0) is 48.4 Å². The van der Waals surface area contributed by atoms with E-state index in [2.05, 4.69) is 10.3 Å². The van der Waals surface area contributed by atoms with Crippen molar-refractivity contribution >= 4 is 11.8 Å². The van der Waals surface area contributed by atoms with Crippen molar-refractivity contribution in [2.75, 3.05) is 19.7 Å². The van der Waals surface area contributed by atoms with Gasteiger partial charge in [0.25, 0.3) is 5.91 Å². The molecule has 33 heavy (non-hydrogen) atoms. The zero-order chi connectivity index (χ0) is 23.0. The highest BCUT2D eigenvalue weighted by molar-refractivity contribution is 5.92. The van der Waals surface area contributed by atoms with Crippen molar-refractivity contribution in [1.29, 1.82) is 0 Å². The van der Waals surface area contributed by atoms with E-state index in [-0.39, 0.29) is 24.3 Å². The summed E-state index contributed by atoms with van der Waals surface area (Å²) >= 11 is 0. The molecule has 2 aromatic carbocycles. The zero-order valence-corrected chi connectivity index (χ0v) is 18.6. The van der Waals surface area contributed by atoms with Gasteiger partial charge in [-0.2, -0.15) is 0 Å². The molecule has 2 amide bonds. The second-order valence-electron chi connectivity index (χ2n) is 8.42. The predicted octanol–water partition coefficient (Wildman–Crippen LogP) is 3.44. The van der Waals surface area contributed by atoms with Crippen LogP contribution in [-0.2, 0) is 17.8 Å². The largest absolute Gasteiger partial charge is 0.444 e. The van der Waals surface area contributed by atoms with Gasteiger partial charge < -0.3 is 19.7 Å². The number of carbonyl (C=O) groups excluding carboxylic acids is 2. The third-order valence-electron chi connectivity index (χ3n) is 6.06. The first-order valence-electron chi connectivity index (χ1n) is 11.4. The van der Waals surface area contributed by atoms with Gasteiger partial charge in [0.1, 0.15) is 6.26 Å². The van der Waals surface area contributed by atoms with Crippen molar-refractivity contribution < 1.29 is 19.1 Å². The number of amides is 2. The molecule has 172 valence electrons. The van der Waals surface area contributed by atoms with Crippen LogP contribution in [0.3, 0.4) is 0 Å². The Bertz CT molecular complexity index is 1050. The standard InChI is InChI=1S/C26H29N3O4/c30-17-21-12-14-29(15-13-21)26(32)23-18-33-25(28-23)22-9-6-20(7-10-22)16-27-24(31)11-8-19-4-2-1-3-5-19/h1-7,9-10,18,21,30H,8,11-17H2,(H,27,31). The topological polar surface area (TPSA) is 95.7 Å². The Kier molecular flexibility index (Phi) is 7.52. The fourth-order valence-corrected chi connectivity index (χ4v) is 3.94. The van der Waals surface area contributed by atoms with Gasteiger partial charge in [-0.15, -0.1) is 0 Å². The molecule has 1 fully saturated rings. The number of benzene rings is 2. The number of hydrogen-bond donors (Lipinski definition) is 2. The van der Waals surface area contributed by atoms with Crippen LogP contribution in [0, 0.1) is 5.92 Å². The van der Waals surface area contributed by atoms with Crippen LogP contribution >= 0.6 is 0 Å². The number of nitrogens with one attached hydrogen (secondary N) is 1. The predicted molar refractivity (Wildman–Crippen MR) is 124 cm³/mol. The minimum absolute atomic E-state index is 0.0156. The zero-order valence-electron chi connectivity index (χ0n) is 18.6. The summed E-state index contributed by atoms with van der Waals surface area (Å²) in [6, 6.07) is 17.5. The Morgan fingerprint density at radius 3 is 2.45 bits per heavy atom. The molecule has 1 saturated heterocycles. The normalized spacial score (nSPS) is 14.3. The van der Waals surface area contributed by atoms with Crippen LogP contribution in [0.2, 0.25) is 0 Å². The van der Waals surface area contributed by atoms with Gasteiger partial charge in [0.2, 0.25) is 11.8 Å². The highest BCUT2D eigenvalue weighted by Crippen LogP contribution is 2.22. The van der Waals surface area contributed by atoms with Crippen molar-refractivity contribution in [2.24, 2.45) is 5.92 Å². The van der Waals surface area contributed by atoms with Crippen molar-refractivity contribution in [3.63, 3.8) is 0 Å². The van der Waals surface area contributed by atoms with Crippen molar-refractivity contribution in [3.8, 4) is 11.5 Å². The number of likely N-dealkylation sites (tertiary alicyclic amines) is 1. The summed E-state index contributed by atoms with van der Waals surface area (Å²) in [6.45, 7) is 1.87. The molecule has 1 aliphatic rings. The summed E-state index contributed by atoms with van der Waals surface area (Å²) in [4.78, 5) is 30.9. The highest BCUT2D eigenvalue weighted by atomic mass is 16.3. The van der Waals surface area contributed by atoms with E-state index < -0.39 is 0 Å². The molecule has 2 N–H and O–H groups in total. The molecule has 7 heteroatoms. The first-order valence-corrected chi connectivity index (χ1v) is 11.4. The van der Waals surface area contributed by atoms with Gasteiger partial charge in [0.05, 0.1) is 0 Å². The Hall–Kier alpha value is -3.45. The van der Waals surface area contributed by atoms with Gasteiger partial charge in [0.15, 0.2) is 5.69 Å². The molecule has 0 unspecified atom stereocenters. The average molecular weight is 448 g/mol. The number of piperidine rings is 1. The SMILES string of the molecule is O=C(CCc1ccccc1)NCc1ccc(-c2nc(C(=O)N3CCC(CO)CC3)co2)cc1. The van der Waals surface area contributed by atoms with E-state index >= 15 is 0 Å². The lowest BCUT2D eigenvalue weighted by atomic mass is 9.98. The van der Waals surface area contributed by atoms with Crippen LogP contribution in [0.4, 0.5) is 0 Å². The lowest BCUT2D eigenvalue weighted by Gasteiger charge is -2.30. The molecule has 1 aliphatic heterocycles. The van der Waals surface area contributed by atoms with E-state index in [1.807, 2.05) is 54.6 Å². The Balaban J connectivity index is 1.27. The highest BCUT2D eigenvalue weighted by Gasteiger charge is 2.25. The van der Waals surface area contributed by atoms with E-state index in [9.17, 15) is 14.7 Å². The summed E-state index contributed by atoms with van der Waals surface area (Å²) in [5, 5.41) is 12.2. The van der Waals surface area contributed by atoms with E-state index in [0.717, 1.165) is 36.0 Å². The molecule has 0 spiro atoms. The number of aliphatic hydroxyl groups excluding tert-OH is 1. The maximum absolute atomic E-state index is 12.7. The molecule has 4 rings (SSSR count). The van der Waals surface area contributed by atoms with Gasteiger partial charge in [-0.25, -0.2) is 4.98 Å². The number of hydrogen-bond acceptors (Lipinski definition) is 5. The van der Waals surface area contributed by atoms with E-state index in [1.54, 1.807) is 4.90 Å². The molecule has 2 heterocycles. The van der Waals surface area contributed by atoms with Crippen LogP contribution in [0.15, 0.2) is 65.3 Å². The number of rotatable bonds is 8. The Morgan fingerprint density at radius 2 is 1.76 bits per heavy atom. The van der Waals surface area contributed by atoms with Crippen LogP contribution in [0.5, 0.6) is 0 Å². The first-order chi connectivity index (χ1) is 16.1. The summed E-state index contributed by atoms with van der Waals surface area (Å²) in [6.07, 6.45) is 4.17. The van der Waals surface area contributed by atoms with Crippen molar-refractivity contribution in [3.05, 3.63) is 77.7 Å². The van der Waals surface area contributed by atoms with E-state index in [0.29, 0.717) is 37.6 Å². The van der Waals surface area contributed by atoms with Crippen molar-refractivity contribution in [1.82, 2.24) is 15.2 Å². The molecule has 0 atom stereocenters. The molecular weight excluding hydrogens is 418 g/mol. The van der Waals surface area contributed by atoms with Crippen LogP contribution in [0.1, 0.15) is 40.9 Å². The molecular formula is C26H29N3O4. The molecule has 0 saturated carbocycles. The minimum atomic E-state index is -0.142. The molecule has 3 aromatic rings. The number of aryl methyl sites for hydroxylation is 1. The molecule has 7 nitrogen and oxygen atoms in total. The third kappa shape index (κ3) is 6.08. The first kappa shape index (κ1) is 22.7. The van der Waals surface area contributed by atoms with E-state index in [4.69, 9.17) is 4.42 Å². The van der Waals surface area contributed by atoms with Crippen molar-refractivity contribution in [2.45, 2.75) is 32.2 Å². The Labute approximate surface area is 193 Å². The number of carbonyl (C=O) groups is 2. The summed E-state index contributed by atoms with van der Waals surface area (Å²) in [5.74, 6) is 0.536. The number of nitrogens with zero attached hydrogens (tertiary/aromatic N) is 2. The Morgan fingerprint density at radius 1 is 1.03 bits per heavy atom. The monoisotopic (exact) mass is 447 g/mol. The average Bonchev–Trinajstić information content (AvgIpc) is 3.37.